The highest BCUT2D eigenvalue weighted by molar-refractivity contribution is 6.41. The minimum absolute atomic E-state index is 0.124. The Kier molecular flexibility index (Phi) is 5.96. The first-order chi connectivity index (χ1) is 11.4. The van der Waals surface area contributed by atoms with Crippen LogP contribution in [0.25, 0.3) is 0 Å². The van der Waals surface area contributed by atoms with Crippen LogP contribution in [-0.4, -0.2) is 46.4 Å². The fourth-order valence-corrected chi connectivity index (χ4v) is 3.15. The molecule has 2 rings (SSSR count). The smallest absolute Gasteiger partial charge is 0.305 e. The summed E-state index contributed by atoms with van der Waals surface area (Å²) in [5, 5.41) is 11.6. The van der Waals surface area contributed by atoms with Crippen molar-refractivity contribution in [1.82, 2.24) is 5.32 Å². The molecule has 1 amide bonds. The van der Waals surface area contributed by atoms with Crippen LogP contribution in [0.15, 0.2) is 30.3 Å². The van der Waals surface area contributed by atoms with E-state index < -0.39 is 35.2 Å². The second-order valence-corrected chi connectivity index (χ2v) is 6.47. The molecule has 1 saturated carbocycles. The molecular weight excluding hydrogens is 334 g/mol. The van der Waals surface area contributed by atoms with E-state index in [0.717, 1.165) is 5.56 Å². The van der Waals surface area contributed by atoms with Crippen LogP contribution in [0.2, 0.25) is 0 Å². The minimum Gasteiger partial charge on any atom is -0.481 e. The molecule has 24 heavy (non-hydrogen) atoms. The third kappa shape index (κ3) is 3.94. The fraction of sp³-hybridized carbons (Fsp3) is 0.471. The number of amides is 1. The lowest BCUT2D eigenvalue weighted by molar-refractivity contribution is -0.157. The number of ether oxygens (including phenoxy) is 1. The average molecular weight is 354 g/mol. The van der Waals surface area contributed by atoms with Gasteiger partial charge in [-0.15, -0.1) is 11.6 Å². The van der Waals surface area contributed by atoms with E-state index in [9.17, 15) is 14.4 Å². The van der Waals surface area contributed by atoms with Crippen molar-refractivity contribution < 1.29 is 24.2 Å². The lowest BCUT2D eigenvalue weighted by atomic mass is 9.72. The number of ketones is 1. The minimum atomic E-state index is -1.62. The number of hydrogen-bond donors (Lipinski definition) is 2. The molecule has 7 heteroatoms. The highest BCUT2D eigenvalue weighted by Crippen LogP contribution is 2.41. The molecule has 0 bridgehead atoms. The van der Waals surface area contributed by atoms with Crippen molar-refractivity contribution in [2.24, 2.45) is 0 Å². The number of carboxylic acid groups (broad SMARTS) is 1. The molecular formula is C17H20ClNO5. The summed E-state index contributed by atoms with van der Waals surface area (Å²) in [6.07, 6.45) is -0.566. The molecule has 0 radical (unpaired) electrons. The molecule has 2 N–H and O–H groups in total. The standard InChI is InChI=1S/C17H20ClNO5/c1-2-8-24-16-14(15(23)17(16,18)10-13(21)22)19-12(20)9-11-6-4-3-5-7-11/h3-7,14,16H,2,8-10H2,1H3,(H,19,20)(H,21,22)/t14-,16+,17-/m1/s1. The van der Waals surface area contributed by atoms with Gasteiger partial charge in [0.05, 0.1) is 12.8 Å². The van der Waals surface area contributed by atoms with Crippen molar-refractivity contribution in [3.63, 3.8) is 0 Å². The average Bonchev–Trinajstić information content (AvgIpc) is 2.54. The second kappa shape index (κ2) is 7.77. The zero-order valence-electron chi connectivity index (χ0n) is 13.3. The van der Waals surface area contributed by atoms with Crippen LogP contribution in [0.4, 0.5) is 0 Å². The zero-order chi connectivity index (χ0) is 17.7. The molecule has 130 valence electrons. The third-order valence-electron chi connectivity index (χ3n) is 3.88. The number of Topliss-reactive ketones (excluding diaryl/α,β-unsaturated/α-hetero) is 1. The van der Waals surface area contributed by atoms with Crippen LogP contribution < -0.4 is 5.32 Å². The number of nitrogens with one attached hydrogen (secondary N) is 1. The van der Waals surface area contributed by atoms with E-state index in [1.807, 2.05) is 37.3 Å². The van der Waals surface area contributed by atoms with E-state index in [0.29, 0.717) is 13.0 Å². The van der Waals surface area contributed by atoms with Crippen LogP contribution in [0.5, 0.6) is 0 Å². The quantitative estimate of drug-likeness (QED) is 0.692. The maximum atomic E-state index is 12.3. The number of carbonyl (C=O) groups is 3. The predicted octanol–water partition coefficient (Wildman–Crippen LogP) is 1.54. The third-order valence-corrected chi connectivity index (χ3v) is 4.41. The topological polar surface area (TPSA) is 92.7 Å². The number of rotatable bonds is 8. The highest BCUT2D eigenvalue weighted by Gasteiger charge is 2.63. The lowest BCUT2D eigenvalue weighted by Gasteiger charge is -2.48. The van der Waals surface area contributed by atoms with E-state index in [1.165, 1.54) is 0 Å². The van der Waals surface area contributed by atoms with Crippen LogP contribution in [-0.2, 0) is 25.5 Å². The van der Waals surface area contributed by atoms with E-state index in [-0.39, 0.29) is 12.3 Å². The number of benzene rings is 1. The molecule has 1 aromatic rings. The highest BCUT2D eigenvalue weighted by atomic mass is 35.5. The van der Waals surface area contributed by atoms with Crippen molar-refractivity contribution in [2.45, 2.75) is 43.2 Å². The van der Waals surface area contributed by atoms with E-state index >= 15 is 0 Å². The van der Waals surface area contributed by atoms with Gasteiger partial charge in [0.15, 0.2) is 5.78 Å². The summed E-state index contributed by atoms with van der Waals surface area (Å²) in [7, 11) is 0. The number of carboxylic acids is 1. The van der Waals surface area contributed by atoms with Crippen LogP contribution in [0.3, 0.4) is 0 Å². The Labute approximate surface area is 145 Å². The van der Waals surface area contributed by atoms with Crippen molar-refractivity contribution in [3.8, 4) is 0 Å². The Morgan fingerprint density at radius 2 is 2.00 bits per heavy atom. The monoisotopic (exact) mass is 353 g/mol. The van der Waals surface area contributed by atoms with Crippen LogP contribution in [0.1, 0.15) is 25.3 Å². The van der Waals surface area contributed by atoms with E-state index in [1.54, 1.807) is 0 Å². The van der Waals surface area contributed by atoms with Gasteiger partial charge in [-0.2, -0.15) is 0 Å². The summed E-state index contributed by atoms with van der Waals surface area (Å²) in [6.45, 7) is 2.22. The summed E-state index contributed by atoms with van der Waals surface area (Å²) >= 11 is 6.19. The summed E-state index contributed by atoms with van der Waals surface area (Å²) in [5.74, 6) is -2.04. The van der Waals surface area contributed by atoms with Crippen LogP contribution >= 0.6 is 11.6 Å². The first kappa shape index (κ1) is 18.4. The van der Waals surface area contributed by atoms with Crippen molar-refractivity contribution >= 4 is 29.3 Å². The Hall–Kier alpha value is -1.92. The summed E-state index contributed by atoms with van der Waals surface area (Å²) in [5.41, 5.74) is 0.815. The molecule has 3 atom stereocenters. The van der Waals surface area contributed by atoms with E-state index in [2.05, 4.69) is 5.32 Å². The fourth-order valence-electron chi connectivity index (χ4n) is 2.73. The van der Waals surface area contributed by atoms with Gasteiger partial charge >= 0.3 is 5.97 Å². The van der Waals surface area contributed by atoms with Gasteiger partial charge in [-0.05, 0) is 12.0 Å². The first-order valence-corrected chi connectivity index (χ1v) is 8.16. The number of aliphatic carboxylic acids is 1. The Morgan fingerprint density at radius 1 is 1.33 bits per heavy atom. The first-order valence-electron chi connectivity index (χ1n) is 7.78. The van der Waals surface area contributed by atoms with Gasteiger partial charge in [0.2, 0.25) is 5.91 Å². The molecule has 1 aromatic carbocycles. The molecule has 0 aromatic heterocycles. The molecule has 0 saturated heterocycles. The van der Waals surface area contributed by atoms with Crippen molar-refractivity contribution in [3.05, 3.63) is 35.9 Å². The Balaban J connectivity index is 2.03. The number of carbonyl (C=O) groups excluding carboxylic acids is 2. The SMILES string of the molecule is CCCO[C@H]1[C@H](NC(=O)Cc2ccccc2)C(=O)[C@]1(Cl)CC(=O)O. The molecule has 0 unspecified atom stereocenters. The Bertz CT molecular complexity index is 621. The predicted molar refractivity (Wildman–Crippen MR) is 88.0 cm³/mol. The maximum Gasteiger partial charge on any atom is 0.305 e. The van der Waals surface area contributed by atoms with Gasteiger partial charge < -0.3 is 15.2 Å². The second-order valence-electron chi connectivity index (χ2n) is 5.80. The van der Waals surface area contributed by atoms with Crippen LogP contribution in [0, 0.1) is 0 Å². The number of halogens is 1. The molecule has 1 aliphatic rings. The number of alkyl halides is 1. The van der Waals surface area contributed by atoms with Crippen molar-refractivity contribution in [1.29, 1.82) is 0 Å². The van der Waals surface area contributed by atoms with Crippen molar-refractivity contribution in [2.75, 3.05) is 6.61 Å². The van der Waals surface area contributed by atoms with Gasteiger partial charge in [0, 0.05) is 6.61 Å². The van der Waals surface area contributed by atoms with Gasteiger partial charge in [-0.1, -0.05) is 37.3 Å². The van der Waals surface area contributed by atoms with Gasteiger partial charge in [-0.25, -0.2) is 0 Å². The summed E-state index contributed by atoms with van der Waals surface area (Å²) in [4.78, 5) is 33.8. The van der Waals surface area contributed by atoms with Gasteiger partial charge in [0.1, 0.15) is 17.0 Å². The molecule has 1 fully saturated rings. The normalized spacial score (nSPS) is 25.8. The largest absolute Gasteiger partial charge is 0.481 e. The van der Waals surface area contributed by atoms with Gasteiger partial charge in [0.25, 0.3) is 0 Å². The summed E-state index contributed by atoms with van der Waals surface area (Å²) < 4.78 is 5.55. The molecule has 0 spiro atoms. The maximum absolute atomic E-state index is 12.3. The summed E-state index contributed by atoms with van der Waals surface area (Å²) in [6, 6.07) is 8.19. The van der Waals surface area contributed by atoms with Gasteiger partial charge in [-0.3, -0.25) is 14.4 Å². The lowest BCUT2D eigenvalue weighted by Crippen LogP contribution is -2.74. The Morgan fingerprint density at radius 3 is 2.58 bits per heavy atom. The zero-order valence-corrected chi connectivity index (χ0v) is 14.1. The molecule has 0 heterocycles. The molecule has 6 nitrogen and oxygen atoms in total. The number of hydrogen-bond acceptors (Lipinski definition) is 4. The molecule has 1 aliphatic carbocycles. The molecule has 0 aliphatic heterocycles. The van der Waals surface area contributed by atoms with E-state index in [4.69, 9.17) is 21.4 Å².